The van der Waals surface area contributed by atoms with Gasteiger partial charge in [0.2, 0.25) is 0 Å². The molecule has 0 aromatic heterocycles. The fourth-order valence-corrected chi connectivity index (χ4v) is 4.93. The zero-order chi connectivity index (χ0) is 17.0. The first kappa shape index (κ1) is 18.3. The molecule has 0 aliphatic heterocycles. The van der Waals surface area contributed by atoms with Gasteiger partial charge in [0.25, 0.3) is 0 Å². The molecule has 3 aliphatic rings. The van der Waals surface area contributed by atoms with Crippen LogP contribution in [-0.4, -0.2) is 11.2 Å². The molecule has 0 heterocycles. The Balaban J connectivity index is 0.000000924. The molecule has 0 aromatic rings. The van der Waals surface area contributed by atoms with Crippen molar-refractivity contribution < 1.29 is 5.11 Å². The van der Waals surface area contributed by atoms with Crippen molar-refractivity contribution in [2.75, 3.05) is 0 Å². The number of hydrogen-bond acceptors (Lipinski definition) is 1. The van der Waals surface area contributed by atoms with E-state index in [0.717, 1.165) is 36.7 Å². The van der Waals surface area contributed by atoms with Gasteiger partial charge in [-0.2, -0.15) is 0 Å². The van der Waals surface area contributed by atoms with E-state index < -0.39 is 0 Å². The quantitative estimate of drug-likeness (QED) is 0.590. The minimum absolute atomic E-state index is 0.313. The molecule has 128 valence electrons. The molecule has 3 saturated carbocycles. The molecule has 1 heteroatoms. The molecular weight excluding hydrogens is 280 g/mol. The number of aliphatic hydroxyl groups excluding tert-OH is 1. The average Bonchev–Trinajstić information content (AvgIpc) is 2.87. The maximum atomic E-state index is 9.95. The predicted octanol–water partition coefficient (Wildman–Crippen LogP) is 5.98. The van der Waals surface area contributed by atoms with Crippen LogP contribution >= 0.6 is 0 Å². The standard InChI is InChI=1S/C20H30O.C2H4/c1-14-9-12-18-17(7-5-13-20(14,18)3)11-10-16-6-4-8-19(21)15(16)2;1-2/h10-11,14,18-19,21H,2,4-9,12-13H2,1,3H3;1-2H2/b16-10-,17-11+;. The molecule has 0 amide bonds. The number of rotatable bonds is 1. The van der Waals surface area contributed by atoms with Crippen LogP contribution in [0.25, 0.3) is 0 Å². The topological polar surface area (TPSA) is 20.2 Å². The van der Waals surface area contributed by atoms with Crippen LogP contribution in [0.4, 0.5) is 0 Å². The number of allylic oxidation sites excluding steroid dienone is 3. The van der Waals surface area contributed by atoms with E-state index >= 15 is 0 Å². The molecule has 3 fully saturated rings. The first-order valence-electron chi connectivity index (χ1n) is 9.29. The summed E-state index contributed by atoms with van der Waals surface area (Å²) in [4.78, 5) is 0. The normalized spacial score (nSPS) is 40.7. The molecule has 3 rings (SSSR count). The van der Waals surface area contributed by atoms with Crippen molar-refractivity contribution in [3.8, 4) is 0 Å². The molecule has 0 aromatic carbocycles. The van der Waals surface area contributed by atoms with E-state index in [-0.39, 0.29) is 6.10 Å². The smallest absolute Gasteiger partial charge is 0.0787 e. The summed E-state index contributed by atoms with van der Waals surface area (Å²) in [6.45, 7) is 15.0. The lowest BCUT2D eigenvalue weighted by Crippen LogP contribution is -2.31. The predicted molar refractivity (Wildman–Crippen MR) is 100 cm³/mol. The van der Waals surface area contributed by atoms with Crippen LogP contribution in [0.2, 0.25) is 0 Å². The Labute approximate surface area is 142 Å². The lowest BCUT2D eigenvalue weighted by molar-refractivity contribution is 0.147. The lowest BCUT2D eigenvalue weighted by Gasteiger charge is -2.41. The van der Waals surface area contributed by atoms with Crippen LogP contribution in [0.5, 0.6) is 0 Å². The van der Waals surface area contributed by atoms with E-state index in [1.165, 1.54) is 37.7 Å². The zero-order valence-corrected chi connectivity index (χ0v) is 15.1. The van der Waals surface area contributed by atoms with Gasteiger partial charge in [0.1, 0.15) is 0 Å². The van der Waals surface area contributed by atoms with Crippen molar-refractivity contribution in [2.45, 2.75) is 71.3 Å². The van der Waals surface area contributed by atoms with Gasteiger partial charge in [-0.15, -0.1) is 13.2 Å². The zero-order valence-electron chi connectivity index (χ0n) is 15.1. The Morgan fingerprint density at radius 3 is 2.57 bits per heavy atom. The van der Waals surface area contributed by atoms with Crippen molar-refractivity contribution >= 4 is 0 Å². The summed E-state index contributed by atoms with van der Waals surface area (Å²) in [7, 11) is 0. The van der Waals surface area contributed by atoms with Gasteiger partial charge in [-0.1, -0.05) is 38.2 Å². The Bertz CT molecular complexity index is 498. The fraction of sp³-hybridized carbons (Fsp3) is 0.636. The largest absolute Gasteiger partial charge is 0.388 e. The molecule has 0 saturated heterocycles. The summed E-state index contributed by atoms with van der Waals surface area (Å²) in [5.74, 6) is 1.66. The van der Waals surface area contributed by atoms with Gasteiger partial charge in [-0.3, -0.25) is 0 Å². The molecule has 4 unspecified atom stereocenters. The Morgan fingerprint density at radius 1 is 1.09 bits per heavy atom. The monoisotopic (exact) mass is 314 g/mol. The second-order valence-corrected chi connectivity index (χ2v) is 7.76. The second kappa shape index (κ2) is 7.66. The summed E-state index contributed by atoms with van der Waals surface area (Å²) in [6, 6.07) is 0. The summed E-state index contributed by atoms with van der Waals surface area (Å²) < 4.78 is 0. The lowest BCUT2D eigenvalue weighted by atomic mass is 9.64. The first-order valence-corrected chi connectivity index (χ1v) is 9.29. The van der Waals surface area contributed by atoms with Crippen molar-refractivity contribution in [3.05, 3.63) is 48.6 Å². The van der Waals surface area contributed by atoms with Crippen LogP contribution in [0, 0.1) is 17.3 Å². The number of hydrogen-bond donors (Lipinski definition) is 1. The molecule has 3 aliphatic carbocycles. The minimum atomic E-state index is -0.313. The van der Waals surface area contributed by atoms with Crippen LogP contribution < -0.4 is 0 Å². The summed E-state index contributed by atoms with van der Waals surface area (Å²) >= 11 is 0. The van der Waals surface area contributed by atoms with Gasteiger partial charge in [0, 0.05) is 0 Å². The summed E-state index contributed by atoms with van der Waals surface area (Å²) in [6.07, 6.45) is 14.2. The van der Waals surface area contributed by atoms with Crippen LogP contribution in [0.1, 0.15) is 65.2 Å². The highest BCUT2D eigenvalue weighted by Gasteiger charge is 2.46. The summed E-state index contributed by atoms with van der Waals surface area (Å²) in [5, 5.41) is 9.95. The number of aliphatic hydroxyl groups is 1. The van der Waals surface area contributed by atoms with Gasteiger partial charge < -0.3 is 5.11 Å². The summed E-state index contributed by atoms with van der Waals surface area (Å²) in [5.41, 5.74) is 4.43. The Kier molecular flexibility index (Phi) is 6.08. The van der Waals surface area contributed by atoms with E-state index in [1.807, 2.05) is 0 Å². The molecule has 0 radical (unpaired) electrons. The van der Waals surface area contributed by atoms with E-state index in [9.17, 15) is 5.11 Å². The fourth-order valence-electron chi connectivity index (χ4n) is 4.93. The van der Waals surface area contributed by atoms with Gasteiger partial charge in [0.05, 0.1) is 6.10 Å². The highest BCUT2D eigenvalue weighted by atomic mass is 16.3. The van der Waals surface area contributed by atoms with Crippen molar-refractivity contribution in [2.24, 2.45) is 17.3 Å². The maximum absolute atomic E-state index is 9.95. The van der Waals surface area contributed by atoms with Crippen LogP contribution in [-0.2, 0) is 0 Å². The SMILES string of the molecule is C=C.C=C1/C(=C\C=C2/CCCC3(C)C(C)CCC23)CCCC1O. The maximum Gasteiger partial charge on any atom is 0.0787 e. The molecule has 1 N–H and O–H groups in total. The van der Waals surface area contributed by atoms with Gasteiger partial charge >= 0.3 is 0 Å². The Morgan fingerprint density at radius 2 is 1.83 bits per heavy atom. The molecule has 0 spiro atoms. The molecule has 0 bridgehead atoms. The van der Waals surface area contributed by atoms with E-state index in [1.54, 1.807) is 5.57 Å². The van der Waals surface area contributed by atoms with Crippen LogP contribution in [0.3, 0.4) is 0 Å². The second-order valence-electron chi connectivity index (χ2n) is 7.76. The molecular formula is C22H34O. The third kappa shape index (κ3) is 3.55. The molecule has 1 nitrogen and oxygen atoms in total. The minimum Gasteiger partial charge on any atom is -0.388 e. The molecule has 4 atom stereocenters. The van der Waals surface area contributed by atoms with Gasteiger partial charge in [0.15, 0.2) is 0 Å². The van der Waals surface area contributed by atoms with E-state index in [4.69, 9.17) is 0 Å². The Hall–Kier alpha value is -1.08. The third-order valence-electron chi connectivity index (χ3n) is 6.68. The average molecular weight is 315 g/mol. The van der Waals surface area contributed by atoms with Crippen molar-refractivity contribution in [1.82, 2.24) is 0 Å². The first-order chi connectivity index (χ1) is 11.0. The number of fused-ring (bicyclic) bond motifs is 1. The highest BCUT2D eigenvalue weighted by molar-refractivity contribution is 5.37. The van der Waals surface area contributed by atoms with Gasteiger partial charge in [-0.05, 0) is 79.8 Å². The van der Waals surface area contributed by atoms with Gasteiger partial charge in [-0.25, -0.2) is 0 Å². The van der Waals surface area contributed by atoms with E-state index in [2.05, 4.69) is 45.7 Å². The van der Waals surface area contributed by atoms with Crippen molar-refractivity contribution in [1.29, 1.82) is 0 Å². The highest BCUT2D eigenvalue weighted by Crippen LogP contribution is 2.57. The third-order valence-corrected chi connectivity index (χ3v) is 6.68. The van der Waals surface area contributed by atoms with Crippen LogP contribution in [0.15, 0.2) is 48.6 Å². The van der Waals surface area contributed by atoms with E-state index in [0.29, 0.717) is 5.41 Å². The van der Waals surface area contributed by atoms with Crippen molar-refractivity contribution in [3.63, 3.8) is 0 Å². The molecule has 23 heavy (non-hydrogen) atoms.